The number of alkyl carbamates (subject to hydrolysis) is 1. The van der Waals surface area contributed by atoms with Crippen molar-refractivity contribution in [3.63, 3.8) is 0 Å². The Morgan fingerprint density at radius 3 is 2.32 bits per heavy atom. The van der Waals surface area contributed by atoms with Gasteiger partial charge in [0.1, 0.15) is 18.2 Å². The number of benzene rings is 1. The van der Waals surface area contributed by atoms with Gasteiger partial charge in [-0.1, -0.05) is 51.1 Å². The first kappa shape index (κ1) is 25.5. The number of esters is 1. The lowest BCUT2D eigenvalue weighted by Crippen LogP contribution is -2.57. The van der Waals surface area contributed by atoms with Gasteiger partial charge in [0.05, 0.1) is 26.7 Å². The van der Waals surface area contributed by atoms with Crippen LogP contribution in [-0.4, -0.2) is 72.2 Å². The first-order valence-electron chi connectivity index (χ1n) is 11.8. The van der Waals surface area contributed by atoms with Gasteiger partial charge in [-0.25, -0.2) is 9.59 Å². The highest BCUT2D eigenvalue weighted by Gasteiger charge is 2.46. The van der Waals surface area contributed by atoms with Crippen molar-refractivity contribution in [3.05, 3.63) is 35.9 Å². The molecule has 1 saturated carbocycles. The van der Waals surface area contributed by atoms with Crippen molar-refractivity contribution >= 4 is 23.9 Å². The van der Waals surface area contributed by atoms with Crippen molar-refractivity contribution in [1.29, 1.82) is 0 Å². The fourth-order valence-electron chi connectivity index (χ4n) is 4.40. The van der Waals surface area contributed by atoms with E-state index in [1.54, 1.807) is 0 Å². The molecule has 2 aliphatic rings. The molecule has 0 bridgehead atoms. The minimum atomic E-state index is -0.949. The fraction of sp³-hybridized carbons (Fsp3) is 0.600. The van der Waals surface area contributed by atoms with E-state index >= 15 is 0 Å². The molecule has 1 heterocycles. The van der Waals surface area contributed by atoms with E-state index in [0.717, 1.165) is 31.2 Å². The highest BCUT2D eigenvalue weighted by molar-refractivity contribution is 5.92. The normalized spacial score (nSPS) is 19.6. The van der Waals surface area contributed by atoms with Crippen LogP contribution in [0.5, 0.6) is 0 Å². The monoisotopic (exact) mass is 473 g/mol. The molecule has 0 aromatic heterocycles. The number of carbonyl (C=O) groups excluding carboxylic acids is 4. The quantitative estimate of drug-likeness (QED) is 0.637. The number of methoxy groups -OCH3 is 1. The third kappa shape index (κ3) is 6.27. The lowest BCUT2D eigenvalue weighted by atomic mass is 9.85. The van der Waals surface area contributed by atoms with Gasteiger partial charge < -0.3 is 24.6 Å². The summed E-state index contributed by atoms with van der Waals surface area (Å²) < 4.78 is 10.4. The maximum absolute atomic E-state index is 13.6. The van der Waals surface area contributed by atoms with Crippen molar-refractivity contribution in [2.75, 3.05) is 20.3 Å². The molecule has 186 valence electrons. The molecule has 1 aromatic rings. The Morgan fingerprint density at radius 1 is 1.09 bits per heavy atom. The van der Waals surface area contributed by atoms with Gasteiger partial charge in [-0.05, 0) is 36.7 Å². The summed E-state index contributed by atoms with van der Waals surface area (Å²) in [4.78, 5) is 54.4. The number of ether oxygens (including phenoxy) is 2. The molecule has 9 heteroatoms. The van der Waals surface area contributed by atoms with E-state index in [2.05, 4.69) is 5.32 Å². The topological polar surface area (TPSA) is 105 Å². The van der Waals surface area contributed by atoms with Crippen LogP contribution in [0.3, 0.4) is 0 Å². The van der Waals surface area contributed by atoms with Gasteiger partial charge in [0.15, 0.2) is 0 Å². The lowest BCUT2D eigenvalue weighted by molar-refractivity contribution is -0.152. The van der Waals surface area contributed by atoms with E-state index in [1.165, 1.54) is 16.9 Å². The smallest absolute Gasteiger partial charge is 0.408 e. The summed E-state index contributed by atoms with van der Waals surface area (Å²) >= 11 is 0. The number of nitrogens with zero attached hydrogens (tertiary/aromatic N) is 2. The summed E-state index contributed by atoms with van der Waals surface area (Å²) in [5, 5.41) is 2.71. The largest absolute Gasteiger partial charge is 0.467 e. The molecule has 9 nitrogen and oxygen atoms in total. The minimum absolute atomic E-state index is 0.0352. The van der Waals surface area contributed by atoms with Crippen LogP contribution in [0, 0.1) is 5.41 Å². The first-order chi connectivity index (χ1) is 16.1. The third-order valence-electron chi connectivity index (χ3n) is 6.35. The van der Waals surface area contributed by atoms with Gasteiger partial charge in [0, 0.05) is 0 Å². The molecule has 2 atom stereocenters. The molecule has 1 aliphatic carbocycles. The summed E-state index contributed by atoms with van der Waals surface area (Å²) in [6.45, 7) is 5.45. The summed E-state index contributed by atoms with van der Waals surface area (Å²) in [5.41, 5.74) is 0.185. The Balaban J connectivity index is 1.75. The van der Waals surface area contributed by atoms with Crippen LogP contribution in [0.25, 0.3) is 0 Å². The number of hydrogen-bond acceptors (Lipinski definition) is 6. The number of nitrogens with one attached hydrogen (secondary N) is 1. The molecule has 34 heavy (non-hydrogen) atoms. The van der Waals surface area contributed by atoms with E-state index in [0.29, 0.717) is 0 Å². The zero-order valence-corrected chi connectivity index (χ0v) is 20.4. The van der Waals surface area contributed by atoms with Gasteiger partial charge in [0.25, 0.3) is 0 Å². The highest BCUT2D eigenvalue weighted by atomic mass is 16.6. The fourth-order valence-corrected chi connectivity index (χ4v) is 4.40. The van der Waals surface area contributed by atoms with E-state index in [-0.39, 0.29) is 31.6 Å². The molecule has 2 fully saturated rings. The summed E-state index contributed by atoms with van der Waals surface area (Å²) in [6, 6.07) is 7.38. The van der Waals surface area contributed by atoms with Crippen LogP contribution in [0.15, 0.2) is 30.3 Å². The SMILES string of the molecule is COC(=O)[C@@H]1CN(C(=O)Cc2ccccc2)CN1C(=O)[C@@H](NC(=O)OC1CCCC1)C(C)(C)C. The standard InChI is InChI=1S/C25H35N3O6/c1-25(2,3)21(26-24(32)34-18-12-8-9-13-18)22(30)28-16-27(15-19(28)23(31)33-4)20(29)14-17-10-6-5-7-11-17/h5-7,10-11,18-19,21H,8-9,12-16H2,1-4H3,(H,26,32)/t19-,21+/m0/s1. The van der Waals surface area contributed by atoms with Gasteiger partial charge >= 0.3 is 12.1 Å². The molecule has 3 amide bonds. The predicted molar refractivity (Wildman–Crippen MR) is 124 cm³/mol. The van der Waals surface area contributed by atoms with Crippen LogP contribution in [-0.2, 0) is 30.3 Å². The predicted octanol–water partition coefficient (Wildman–Crippen LogP) is 2.48. The second kappa shape index (κ2) is 10.9. The van der Waals surface area contributed by atoms with Crippen LogP contribution in [0.4, 0.5) is 4.79 Å². The molecule has 0 unspecified atom stereocenters. The van der Waals surface area contributed by atoms with E-state index in [4.69, 9.17) is 9.47 Å². The average molecular weight is 474 g/mol. The van der Waals surface area contributed by atoms with Crippen molar-refractivity contribution in [2.24, 2.45) is 5.41 Å². The molecule has 1 aliphatic heterocycles. The first-order valence-corrected chi connectivity index (χ1v) is 11.8. The number of amides is 3. The zero-order chi connectivity index (χ0) is 24.9. The summed E-state index contributed by atoms with van der Waals surface area (Å²) in [7, 11) is 1.25. The Kier molecular flexibility index (Phi) is 8.17. The van der Waals surface area contributed by atoms with Crippen molar-refractivity contribution in [3.8, 4) is 0 Å². The second-order valence-electron chi connectivity index (χ2n) is 10.0. The Labute approximate surface area is 200 Å². The maximum Gasteiger partial charge on any atom is 0.408 e. The van der Waals surface area contributed by atoms with E-state index in [1.807, 2.05) is 51.1 Å². The van der Waals surface area contributed by atoms with E-state index in [9.17, 15) is 19.2 Å². The van der Waals surface area contributed by atoms with Crippen molar-refractivity contribution < 1.29 is 28.7 Å². The number of carbonyl (C=O) groups is 4. The summed E-state index contributed by atoms with van der Waals surface area (Å²) in [5.74, 6) is -1.26. The van der Waals surface area contributed by atoms with Crippen molar-refractivity contribution in [2.45, 2.75) is 71.1 Å². The number of hydrogen-bond donors (Lipinski definition) is 1. The van der Waals surface area contributed by atoms with Crippen LogP contribution in [0.2, 0.25) is 0 Å². The zero-order valence-electron chi connectivity index (χ0n) is 20.4. The van der Waals surface area contributed by atoms with Gasteiger partial charge in [-0.3, -0.25) is 9.59 Å². The molecule has 3 rings (SSSR count). The van der Waals surface area contributed by atoms with Gasteiger partial charge in [0.2, 0.25) is 11.8 Å². The Hall–Kier alpha value is -3.10. The average Bonchev–Trinajstić information content (AvgIpc) is 3.46. The third-order valence-corrected chi connectivity index (χ3v) is 6.35. The number of rotatable bonds is 6. The van der Waals surface area contributed by atoms with Gasteiger partial charge in [-0.15, -0.1) is 0 Å². The van der Waals surface area contributed by atoms with Crippen LogP contribution in [0.1, 0.15) is 52.0 Å². The lowest BCUT2D eigenvalue weighted by Gasteiger charge is -2.34. The highest BCUT2D eigenvalue weighted by Crippen LogP contribution is 2.26. The Bertz CT molecular complexity index is 892. The minimum Gasteiger partial charge on any atom is -0.467 e. The van der Waals surface area contributed by atoms with Crippen LogP contribution < -0.4 is 5.32 Å². The van der Waals surface area contributed by atoms with E-state index < -0.39 is 35.5 Å². The second-order valence-corrected chi connectivity index (χ2v) is 10.0. The molecule has 0 spiro atoms. The molecule has 1 N–H and O–H groups in total. The Morgan fingerprint density at radius 2 is 1.74 bits per heavy atom. The summed E-state index contributed by atoms with van der Waals surface area (Å²) in [6.07, 6.45) is 3.03. The van der Waals surface area contributed by atoms with Crippen molar-refractivity contribution in [1.82, 2.24) is 15.1 Å². The molecular formula is C25H35N3O6. The molecule has 1 aromatic carbocycles. The molecule has 1 saturated heterocycles. The maximum atomic E-state index is 13.6. The van der Waals surface area contributed by atoms with Crippen LogP contribution >= 0.6 is 0 Å². The van der Waals surface area contributed by atoms with Gasteiger partial charge in [-0.2, -0.15) is 0 Å². The molecule has 0 radical (unpaired) electrons. The molecular weight excluding hydrogens is 438 g/mol.